The topological polar surface area (TPSA) is 71.9 Å². The van der Waals surface area contributed by atoms with Gasteiger partial charge in [0.15, 0.2) is 5.75 Å². The van der Waals surface area contributed by atoms with Crippen LogP contribution in [0.5, 0.6) is 5.75 Å². The molecule has 0 aliphatic heterocycles. The van der Waals surface area contributed by atoms with E-state index in [0.717, 1.165) is 0 Å². The molecule has 0 aliphatic carbocycles. The van der Waals surface area contributed by atoms with Crippen LogP contribution in [0.3, 0.4) is 0 Å². The van der Waals surface area contributed by atoms with Crippen molar-refractivity contribution in [1.29, 1.82) is 5.26 Å². The van der Waals surface area contributed by atoms with Crippen molar-refractivity contribution >= 4 is 5.82 Å². The van der Waals surface area contributed by atoms with E-state index >= 15 is 0 Å². The number of pyridine rings is 1. The molecule has 86 valence electrons. The van der Waals surface area contributed by atoms with E-state index in [1.54, 1.807) is 0 Å². The van der Waals surface area contributed by atoms with E-state index in [4.69, 9.17) is 11.0 Å². The molecule has 0 saturated carbocycles. The molecule has 0 amide bonds. The summed E-state index contributed by atoms with van der Waals surface area (Å²) >= 11 is 0. The second-order valence-electron chi connectivity index (χ2n) is 2.66. The van der Waals surface area contributed by atoms with E-state index in [0.29, 0.717) is 6.07 Å². The smallest absolute Gasteiger partial charge is 0.404 e. The number of anilines is 1. The van der Waals surface area contributed by atoms with Gasteiger partial charge in [-0.2, -0.15) is 5.26 Å². The summed E-state index contributed by atoms with van der Waals surface area (Å²) in [6.45, 7) is -1.21. The SMILES string of the molecule is N#Cc1c(OC(F)(F)F)cc(N)nc1CF. The summed E-state index contributed by atoms with van der Waals surface area (Å²) in [5.74, 6) is -1.21. The largest absolute Gasteiger partial charge is 0.573 e. The molecule has 0 aliphatic rings. The van der Waals surface area contributed by atoms with E-state index < -0.39 is 30.0 Å². The first kappa shape index (κ1) is 12.0. The molecule has 0 atom stereocenters. The summed E-state index contributed by atoms with van der Waals surface area (Å²) in [5.41, 5.74) is 4.04. The van der Waals surface area contributed by atoms with E-state index in [1.807, 2.05) is 0 Å². The Morgan fingerprint density at radius 1 is 1.50 bits per heavy atom. The molecule has 0 bridgehead atoms. The highest BCUT2D eigenvalue weighted by molar-refractivity contribution is 5.51. The number of halogens is 4. The third kappa shape index (κ3) is 2.73. The molecule has 0 saturated heterocycles. The van der Waals surface area contributed by atoms with Gasteiger partial charge >= 0.3 is 6.36 Å². The normalized spacial score (nSPS) is 10.9. The zero-order valence-electron chi connectivity index (χ0n) is 7.68. The number of alkyl halides is 4. The molecule has 0 radical (unpaired) electrons. The summed E-state index contributed by atoms with van der Waals surface area (Å²) in [6, 6.07) is 2.10. The van der Waals surface area contributed by atoms with Crippen molar-refractivity contribution in [2.75, 3.05) is 5.73 Å². The molecule has 1 aromatic rings. The van der Waals surface area contributed by atoms with E-state index in [-0.39, 0.29) is 5.82 Å². The van der Waals surface area contributed by atoms with Crippen LogP contribution >= 0.6 is 0 Å². The molecule has 1 rings (SSSR count). The molecule has 16 heavy (non-hydrogen) atoms. The number of aromatic nitrogens is 1. The highest BCUT2D eigenvalue weighted by atomic mass is 19.4. The van der Waals surface area contributed by atoms with Crippen molar-refractivity contribution in [2.45, 2.75) is 13.0 Å². The van der Waals surface area contributed by atoms with Gasteiger partial charge in [-0.05, 0) is 0 Å². The molecule has 8 heteroatoms. The summed E-state index contributed by atoms with van der Waals surface area (Å²) in [6.07, 6.45) is -4.98. The molecule has 4 nitrogen and oxygen atoms in total. The average Bonchev–Trinajstić information content (AvgIpc) is 2.14. The van der Waals surface area contributed by atoms with Gasteiger partial charge in [0.05, 0.1) is 5.69 Å². The van der Waals surface area contributed by atoms with Gasteiger partial charge in [0.2, 0.25) is 0 Å². The van der Waals surface area contributed by atoms with Gasteiger partial charge in [0.1, 0.15) is 24.1 Å². The molecule has 0 spiro atoms. The number of nitriles is 1. The first-order chi connectivity index (χ1) is 7.37. The Labute approximate surface area is 87.3 Å². The maximum Gasteiger partial charge on any atom is 0.573 e. The van der Waals surface area contributed by atoms with Crippen LogP contribution in [-0.4, -0.2) is 11.3 Å². The Morgan fingerprint density at radius 3 is 2.56 bits per heavy atom. The Hall–Kier alpha value is -2.04. The van der Waals surface area contributed by atoms with Gasteiger partial charge < -0.3 is 10.5 Å². The molecule has 0 unspecified atom stereocenters. The molecule has 2 N–H and O–H groups in total. The second-order valence-corrected chi connectivity index (χ2v) is 2.66. The number of ether oxygens (including phenoxy) is 1. The van der Waals surface area contributed by atoms with Crippen LogP contribution in [0.4, 0.5) is 23.4 Å². The molecular formula is C8H5F4N3O. The molecule has 1 aromatic heterocycles. The van der Waals surface area contributed by atoms with Gasteiger partial charge in [-0.15, -0.1) is 13.2 Å². The van der Waals surface area contributed by atoms with Gasteiger partial charge in [-0.25, -0.2) is 9.37 Å². The van der Waals surface area contributed by atoms with Crippen LogP contribution in [-0.2, 0) is 6.67 Å². The first-order valence-corrected chi connectivity index (χ1v) is 3.88. The van der Waals surface area contributed by atoms with Gasteiger partial charge in [-0.3, -0.25) is 0 Å². The van der Waals surface area contributed by atoms with Crippen molar-refractivity contribution in [2.24, 2.45) is 0 Å². The highest BCUT2D eigenvalue weighted by Crippen LogP contribution is 2.29. The lowest BCUT2D eigenvalue weighted by molar-refractivity contribution is -0.274. The minimum absolute atomic E-state index is 0.356. The number of nitrogens with zero attached hydrogens (tertiary/aromatic N) is 2. The average molecular weight is 235 g/mol. The Kier molecular flexibility index (Phi) is 3.17. The first-order valence-electron chi connectivity index (χ1n) is 3.88. The zero-order valence-corrected chi connectivity index (χ0v) is 7.68. The van der Waals surface area contributed by atoms with E-state index in [9.17, 15) is 17.6 Å². The highest BCUT2D eigenvalue weighted by Gasteiger charge is 2.33. The Bertz CT molecular complexity index is 438. The standard InChI is InChI=1S/C8H5F4N3O/c9-2-5-4(3-13)6(1-7(14)15-5)16-8(10,11)12/h1H,2H2,(H2,14,15). The van der Waals surface area contributed by atoms with Crippen molar-refractivity contribution in [3.05, 3.63) is 17.3 Å². The second kappa shape index (κ2) is 4.22. The van der Waals surface area contributed by atoms with Crippen LogP contribution in [0.15, 0.2) is 6.07 Å². The Morgan fingerprint density at radius 2 is 2.12 bits per heavy atom. The van der Waals surface area contributed by atoms with Crippen LogP contribution in [0, 0.1) is 11.3 Å². The third-order valence-corrected chi connectivity index (χ3v) is 1.54. The molecule has 0 aromatic carbocycles. The summed E-state index contributed by atoms with van der Waals surface area (Å²) < 4.78 is 51.7. The quantitative estimate of drug-likeness (QED) is 0.794. The number of rotatable bonds is 2. The van der Waals surface area contributed by atoms with Crippen molar-refractivity contribution in [3.63, 3.8) is 0 Å². The fourth-order valence-electron chi connectivity index (χ4n) is 1.01. The van der Waals surface area contributed by atoms with Crippen molar-refractivity contribution in [3.8, 4) is 11.8 Å². The summed E-state index contributed by atoms with van der Waals surface area (Å²) in [7, 11) is 0. The Balaban J connectivity index is 3.27. The number of hydrogen-bond acceptors (Lipinski definition) is 4. The lowest BCUT2D eigenvalue weighted by Gasteiger charge is -2.11. The van der Waals surface area contributed by atoms with E-state index in [1.165, 1.54) is 6.07 Å². The fourth-order valence-corrected chi connectivity index (χ4v) is 1.01. The monoisotopic (exact) mass is 235 g/mol. The maximum absolute atomic E-state index is 12.4. The fraction of sp³-hybridized carbons (Fsp3) is 0.250. The maximum atomic E-state index is 12.4. The van der Waals surface area contributed by atoms with Gasteiger partial charge in [-0.1, -0.05) is 0 Å². The van der Waals surface area contributed by atoms with Crippen LogP contribution in [0.2, 0.25) is 0 Å². The van der Waals surface area contributed by atoms with Crippen molar-refractivity contribution < 1.29 is 22.3 Å². The molecule has 0 fully saturated rings. The predicted molar refractivity (Wildman–Crippen MR) is 44.9 cm³/mol. The van der Waals surface area contributed by atoms with Crippen LogP contribution < -0.4 is 10.5 Å². The number of nitrogen functional groups attached to an aromatic ring is 1. The zero-order chi connectivity index (χ0) is 12.3. The lowest BCUT2D eigenvalue weighted by Crippen LogP contribution is -2.18. The minimum atomic E-state index is -4.98. The number of hydrogen-bond donors (Lipinski definition) is 1. The van der Waals surface area contributed by atoms with Gasteiger partial charge in [0.25, 0.3) is 0 Å². The van der Waals surface area contributed by atoms with Crippen LogP contribution in [0.25, 0.3) is 0 Å². The lowest BCUT2D eigenvalue weighted by atomic mass is 10.2. The van der Waals surface area contributed by atoms with E-state index in [2.05, 4.69) is 9.72 Å². The summed E-state index contributed by atoms with van der Waals surface area (Å²) in [4.78, 5) is 3.39. The number of nitrogens with two attached hydrogens (primary N) is 1. The van der Waals surface area contributed by atoms with Crippen LogP contribution in [0.1, 0.15) is 11.3 Å². The summed E-state index contributed by atoms with van der Waals surface area (Å²) in [5, 5.41) is 8.57. The van der Waals surface area contributed by atoms with Crippen molar-refractivity contribution in [1.82, 2.24) is 4.98 Å². The third-order valence-electron chi connectivity index (χ3n) is 1.54. The minimum Gasteiger partial charge on any atom is -0.404 e. The predicted octanol–water partition coefficient (Wildman–Crippen LogP) is 1.90. The van der Waals surface area contributed by atoms with Gasteiger partial charge in [0, 0.05) is 6.07 Å². The molecule has 1 heterocycles. The molecular weight excluding hydrogens is 230 g/mol.